The molecule has 0 amide bonds. The minimum atomic E-state index is -0.146. The van der Waals surface area contributed by atoms with Gasteiger partial charge in [-0.3, -0.25) is 4.79 Å². The number of rotatable bonds is 6. The highest BCUT2D eigenvalue weighted by atomic mass is 16.5. The van der Waals surface area contributed by atoms with Gasteiger partial charge < -0.3 is 9.84 Å². The number of para-hydroxylation sites is 1. The van der Waals surface area contributed by atoms with Crippen molar-refractivity contribution in [1.82, 2.24) is 0 Å². The van der Waals surface area contributed by atoms with Crippen molar-refractivity contribution in [3.63, 3.8) is 0 Å². The quantitative estimate of drug-likeness (QED) is 0.700. The molecule has 136 valence electrons. The maximum absolute atomic E-state index is 13.0. The molecule has 4 rings (SSSR count). The van der Waals surface area contributed by atoms with Gasteiger partial charge in [-0.1, -0.05) is 60.7 Å². The average Bonchev–Trinajstić information content (AvgIpc) is 3.01. The predicted octanol–water partition coefficient (Wildman–Crippen LogP) is 4.61. The van der Waals surface area contributed by atoms with Crippen LogP contribution in [0.3, 0.4) is 0 Å². The van der Waals surface area contributed by atoms with E-state index in [0.717, 1.165) is 17.5 Å². The van der Waals surface area contributed by atoms with Crippen LogP contribution in [0.15, 0.2) is 72.8 Å². The van der Waals surface area contributed by atoms with Gasteiger partial charge >= 0.3 is 0 Å². The topological polar surface area (TPSA) is 46.5 Å². The average molecular weight is 358 g/mol. The van der Waals surface area contributed by atoms with E-state index in [4.69, 9.17) is 4.74 Å². The first-order valence-corrected chi connectivity index (χ1v) is 9.32. The van der Waals surface area contributed by atoms with Crippen molar-refractivity contribution in [2.24, 2.45) is 5.92 Å². The first kappa shape index (κ1) is 17.3. The number of carbonyl (C=O) groups is 1. The van der Waals surface area contributed by atoms with Gasteiger partial charge in [-0.2, -0.15) is 0 Å². The monoisotopic (exact) mass is 358 g/mol. The summed E-state index contributed by atoms with van der Waals surface area (Å²) in [6.45, 7) is 0.540. The molecule has 3 heteroatoms. The molecule has 0 aromatic heterocycles. The molecule has 0 radical (unpaired) electrons. The van der Waals surface area contributed by atoms with Crippen molar-refractivity contribution in [2.75, 3.05) is 6.61 Å². The minimum Gasteiger partial charge on any atom is -0.508 e. The van der Waals surface area contributed by atoms with Crippen LogP contribution in [0.2, 0.25) is 0 Å². The number of benzene rings is 3. The number of phenols is 1. The lowest BCUT2D eigenvalue weighted by Crippen LogP contribution is -2.13. The summed E-state index contributed by atoms with van der Waals surface area (Å²) in [4.78, 5) is 13.0. The molecule has 3 aromatic rings. The Morgan fingerprint density at radius 1 is 0.926 bits per heavy atom. The largest absolute Gasteiger partial charge is 0.508 e. The van der Waals surface area contributed by atoms with E-state index in [1.807, 2.05) is 48.5 Å². The molecule has 0 saturated heterocycles. The zero-order chi connectivity index (χ0) is 18.6. The Balaban J connectivity index is 1.47. The van der Waals surface area contributed by atoms with E-state index in [0.29, 0.717) is 30.8 Å². The summed E-state index contributed by atoms with van der Waals surface area (Å²) in [6.07, 6.45) is 2.04. The van der Waals surface area contributed by atoms with Crippen molar-refractivity contribution in [1.29, 1.82) is 0 Å². The smallest absolute Gasteiger partial charge is 0.170 e. The number of hydrogen-bond acceptors (Lipinski definition) is 3. The second-order valence-corrected chi connectivity index (χ2v) is 6.97. The second kappa shape index (κ2) is 7.67. The third-order valence-corrected chi connectivity index (χ3v) is 5.15. The van der Waals surface area contributed by atoms with Crippen molar-refractivity contribution in [3.05, 3.63) is 95.1 Å². The molecule has 3 aromatic carbocycles. The second-order valence-electron chi connectivity index (χ2n) is 6.97. The van der Waals surface area contributed by atoms with Crippen LogP contribution in [-0.4, -0.2) is 17.5 Å². The van der Waals surface area contributed by atoms with Crippen molar-refractivity contribution >= 4 is 5.78 Å². The molecule has 0 fully saturated rings. The van der Waals surface area contributed by atoms with E-state index in [-0.39, 0.29) is 17.5 Å². The van der Waals surface area contributed by atoms with Gasteiger partial charge in [0.25, 0.3) is 0 Å². The third kappa shape index (κ3) is 3.72. The minimum absolute atomic E-state index is 0.114. The first-order chi connectivity index (χ1) is 13.2. The predicted molar refractivity (Wildman–Crippen MR) is 105 cm³/mol. The fourth-order valence-corrected chi connectivity index (χ4v) is 3.75. The van der Waals surface area contributed by atoms with Gasteiger partial charge in [0, 0.05) is 12.3 Å². The van der Waals surface area contributed by atoms with Gasteiger partial charge in [0.1, 0.15) is 11.5 Å². The number of aromatic hydroxyl groups is 1. The summed E-state index contributed by atoms with van der Waals surface area (Å²) in [5.41, 5.74) is 3.78. The highest BCUT2D eigenvalue weighted by Crippen LogP contribution is 2.36. The van der Waals surface area contributed by atoms with Gasteiger partial charge in [0.05, 0.1) is 12.2 Å². The van der Waals surface area contributed by atoms with Crippen LogP contribution in [0.5, 0.6) is 11.5 Å². The fraction of sp³-hybridized carbons (Fsp3) is 0.208. The van der Waals surface area contributed by atoms with E-state index in [2.05, 4.69) is 12.1 Å². The van der Waals surface area contributed by atoms with Gasteiger partial charge in [0.15, 0.2) is 5.78 Å². The molecule has 0 bridgehead atoms. The molecule has 0 aliphatic heterocycles. The van der Waals surface area contributed by atoms with Crippen molar-refractivity contribution in [3.8, 4) is 11.5 Å². The van der Waals surface area contributed by atoms with E-state index in [9.17, 15) is 9.90 Å². The highest BCUT2D eigenvalue weighted by molar-refractivity contribution is 6.04. The number of carbonyl (C=O) groups excluding carboxylic acids is 1. The fourth-order valence-electron chi connectivity index (χ4n) is 3.75. The van der Waals surface area contributed by atoms with Gasteiger partial charge in [0.2, 0.25) is 0 Å². The zero-order valence-electron chi connectivity index (χ0n) is 15.1. The summed E-state index contributed by atoms with van der Waals surface area (Å²) in [6, 6.07) is 23.2. The maximum Gasteiger partial charge on any atom is 0.170 e. The molecular formula is C24H22O3. The van der Waals surface area contributed by atoms with E-state index in [1.165, 1.54) is 5.56 Å². The highest BCUT2D eigenvalue weighted by Gasteiger charge is 2.33. The van der Waals surface area contributed by atoms with Crippen molar-refractivity contribution < 1.29 is 14.6 Å². The summed E-state index contributed by atoms with van der Waals surface area (Å²) >= 11 is 0. The Hall–Kier alpha value is -3.07. The molecule has 27 heavy (non-hydrogen) atoms. The van der Waals surface area contributed by atoms with Crippen LogP contribution in [-0.2, 0) is 19.3 Å². The standard InChI is InChI=1S/C24H22O3/c25-21-11-5-4-9-18(21)15-20-16-19-10-6-12-22(23(19)24(20)26)27-14-13-17-7-2-1-3-8-17/h1-12,20,25H,13-16H2. The Morgan fingerprint density at radius 3 is 2.52 bits per heavy atom. The molecule has 1 N–H and O–H groups in total. The van der Waals surface area contributed by atoms with Gasteiger partial charge in [-0.15, -0.1) is 0 Å². The zero-order valence-corrected chi connectivity index (χ0v) is 15.1. The maximum atomic E-state index is 13.0. The third-order valence-electron chi connectivity index (χ3n) is 5.15. The normalized spacial score (nSPS) is 15.6. The molecule has 3 nitrogen and oxygen atoms in total. The number of fused-ring (bicyclic) bond motifs is 1. The molecule has 0 heterocycles. The lowest BCUT2D eigenvalue weighted by molar-refractivity contribution is 0.0932. The summed E-state index contributed by atoms with van der Waals surface area (Å²) in [7, 11) is 0. The van der Waals surface area contributed by atoms with Crippen LogP contribution in [0.1, 0.15) is 27.0 Å². The Morgan fingerprint density at radius 2 is 1.70 bits per heavy atom. The lowest BCUT2D eigenvalue weighted by Gasteiger charge is -2.11. The number of phenolic OH excluding ortho intramolecular Hbond substituents is 1. The summed E-state index contributed by atoms with van der Waals surface area (Å²) in [5, 5.41) is 10.0. The van der Waals surface area contributed by atoms with Crippen LogP contribution >= 0.6 is 0 Å². The molecule has 1 aliphatic rings. The molecule has 1 unspecified atom stereocenters. The summed E-state index contributed by atoms with van der Waals surface area (Å²) in [5.74, 6) is 0.893. The van der Waals surface area contributed by atoms with Crippen LogP contribution in [0.25, 0.3) is 0 Å². The van der Waals surface area contributed by atoms with Crippen LogP contribution in [0, 0.1) is 5.92 Å². The SMILES string of the molecule is O=C1c2c(cccc2OCCc2ccccc2)CC1Cc1ccccc1O. The van der Waals surface area contributed by atoms with Gasteiger partial charge in [-0.25, -0.2) is 0 Å². The first-order valence-electron chi connectivity index (χ1n) is 9.32. The molecule has 1 aliphatic carbocycles. The Bertz CT molecular complexity index is 947. The Kier molecular flexibility index (Phi) is 4.93. The molecule has 0 saturated carbocycles. The lowest BCUT2D eigenvalue weighted by atomic mass is 9.95. The van der Waals surface area contributed by atoms with Crippen LogP contribution in [0.4, 0.5) is 0 Å². The molecule has 0 spiro atoms. The van der Waals surface area contributed by atoms with E-state index < -0.39 is 0 Å². The van der Waals surface area contributed by atoms with Crippen molar-refractivity contribution in [2.45, 2.75) is 19.3 Å². The Labute approximate surface area is 159 Å². The van der Waals surface area contributed by atoms with E-state index in [1.54, 1.807) is 12.1 Å². The number of hydrogen-bond donors (Lipinski definition) is 1. The number of Topliss-reactive ketones (excluding diaryl/α,β-unsaturated/α-hetero) is 1. The number of ketones is 1. The molecule has 1 atom stereocenters. The van der Waals surface area contributed by atoms with Crippen LogP contribution < -0.4 is 4.74 Å². The number of ether oxygens (including phenoxy) is 1. The van der Waals surface area contributed by atoms with Gasteiger partial charge in [-0.05, 0) is 41.7 Å². The molecular weight excluding hydrogens is 336 g/mol. The van der Waals surface area contributed by atoms with E-state index >= 15 is 0 Å². The summed E-state index contributed by atoms with van der Waals surface area (Å²) < 4.78 is 5.98.